The normalized spacial score (nSPS) is 11.1. The van der Waals surface area contributed by atoms with Crippen LogP contribution in [-0.4, -0.2) is 16.1 Å². The molecule has 3 nitrogen and oxygen atoms in total. The van der Waals surface area contributed by atoms with Crippen molar-refractivity contribution < 1.29 is 0 Å². The zero-order valence-electron chi connectivity index (χ0n) is 11.1. The molecule has 2 N–H and O–H groups in total. The van der Waals surface area contributed by atoms with Gasteiger partial charge in [0.2, 0.25) is 0 Å². The molecule has 0 radical (unpaired) electrons. The lowest BCUT2D eigenvalue weighted by Gasteiger charge is -2.06. The molecule has 3 aromatic rings. The van der Waals surface area contributed by atoms with Gasteiger partial charge in [-0.05, 0) is 36.2 Å². The predicted molar refractivity (Wildman–Crippen MR) is 83.0 cm³/mol. The average Bonchev–Trinajstić information content (AvgIpc) is 2.81. The van der Waals surface area contributed by atoms with Crippen molar-refractivity contribution in [1.82, 2.24) is 9.55 Å². The van der Waals surface area contributed by atoms with Crippen molar-refractivity contribution in [3.05, 3.63) is 65.1 Å². The van der Waals surface area contributed by atoms with E-state index in [4.69, 9.17) is 17.3 Å². The highest BCUT2D eigenvalue weighted by molar-refractivity contribution is 6.31. The number of pyridine rings is 1. The number of rotatable bonds is 4. The summed E-state index contributed by atoms with van der Waals surface area (Å²) in [5.74, 6) is 0. The molecule has 0 fully saturated rings. The first kappa shape index (κ1) is 13.2. The zero-order valence-corrected chi connectivity index (χ0v) is 11.8. The molecule has 0 aliphatic heterocycles. The number of nitrogens with two attached hydrogens (primary N) is 1. The molecular weight excluding hydrogens is 270 g/mol. The van der Waals surface area contributed by atoms with Crippen LogP contribution >= 0.6 is 11.6 Å². The molecule has 0 aliphatic carbocycles. The Morgan fingerprint density at radius 1 is 1.15 bits per heavy atom. The van der Waals surface area contributed by atoms with Gasteiger partial charge in [0, 0.05) is 36.0 Å². The maximum absolute atomic E-state index is 6.20. The van der Waals surface area contributed by atoms with E-state index in [0.29, 0.717) is 11.6 Å². The van der Waals surface area contributed by atoms with Crippen molar-refractivity contribution in [1.29, 1.82) is 0 Å². The third-order valence-electron chi connectivity index (χ3n) is 3.48. The summed E-state index contributed by atoms with van der Waals surface area (Å²) < 4.78 is 2.22. The molecule has 0 unspecified atom stereocenters. The van der Waals surface area contributed by atoms with Crippen LogP contribution in [0.15, 0.2) is 48.9 Å². The lowest BCUT2D eigenvalue weighted by Crippen LogP contribution is -2.02. The van der Waals surface area contributed by atoms with Crippen LogP contribution in [0.2, 0.25) is 5.02 Å². The summed E-state index contributed by atoms with van der Waals surface area (Å²) in [7, 11) is 0. The summed E-state index contributed by atoms with van der Waals surface area (Å²) in [4.78, 5) is 4.03. The van der Waals surface area contributed by atoms with Gasteiger partial charge in [-0.3, -0.25) is 4.98 Å². The van der Waals surface area contributed by atoms with Gasteiger partial charge in [-0.25, -0.2) is 0 Å². The smallest absolute Gasteiger partial charge is 0.0639 e. The van der Waals surface area contributed by atoms with Crippen LogP contribution in [-0.2, 0) is 13.0 Å². The van der Waals surface area contributed by atoms with E-state index in [1.165, 1.54) is 16.5 Å². The molecule has 2 heterocycles. The summed E-state index contributed by atoms with van der Waals surface area (Å²) >= 11 is 6.20. The van der Waals surface area contributed by atoms with Crippen LogP contribution in [0.1, 0.15) is 11.1 Å². The van der Waals surface area contributed by atoms with Gasteiger partial charge in [-0.2, -0.15) is 0 Å². The third kappa shape index (κ3) is 2.42. The molecule has 0 spiro atoms. The summed E-state index contributed by atoms with van der Waals surface area (Å²) in [6.45, 7) is 1.40. The second kappa shape index (κ2) is 5.65. The van der Waals surface area contributed by atoms with E-state index < -0.39 is 0 Å². The zero-order chi connectivity index (χ0) is 13.9. The van der Waals surface area contributed by atoms with Gasteiger partial charge in [-0.1, -0.05) is 29.8 Å². The Morgan fingerprint density at radius 3 is 2.80 bits per heavy atom. The second-order valence-corrected chi connectivity index (χ2v) is 5.21. The number of hydrogen-bond donors (Lipinski definition) is 1. The van der Waals surface area contributed by atoms with Gasteiger partial charge in [0.15, 0.2) is 0 Å². The highest BCUT2D eigenvalue weighted by atomic mass is 35.5. The van der Waals surface area contributed by atoms with Gasteiger partial charge in [0.1, 0.15) is 0 Å². The Bertz CT molecular complexity index is 733. The fourth-order valence-electron chi connectivity index (χ4n) is 2.52. The quantitative estimate of drug-likeness (QED) is 0.800. The van der Waals surface area contributed by atoms with Crippen molar-refractivity contribution >= 4 is 22.5 Å². The van der Waals surface area contributed by atoms with Crippen molar-refractivity contribution in [2.24, 2.45) is 5.73 Å². The minimum atomic E-state index is 0.657. The fourth-order valence-corrected chi connectivity index (χ4v) is 2.70. The predicted octanol–water partition coefficient (Wildman–Crippen LogP) is 3.24. The maximum Gasteiger partial charge on any atom is 0.0639 e. The molecule has 4 heteroatoms. The molecule has 2 aromatic heterocycles. The van der Waals surface area contributed by atoms with E-state index in [-0.39, 0.29) is 0 Å². The van der Waals surface area contributed by atoms with E-state index in [2.05, 4.69) is 40.0 Å². The Balaban J connectivity index is 2.05. The number of para-hydroxylation sites is 1. The van der Waals surface area contributed by atoms with Crippen molar-refractivity contribution in [2.75, 3.05) is 6.54 Å². The lowest BCUT2D eigenvalue weighted by atomic mass is 10.1. The number of halogens is 1. The van der Waals surface area contributed by atoms with Crippen LogP contribution in [0.5, 0.6) is 0 Å². The number of benzene rings is 1. The first-order valence-electron chi connectivity index (χ1n) is 6.65. The van der Waals surface area contributed by atoms with Gasteiger partial charge in [0.05, 0.1) is 5.02 Å². The molecule has 0 amide bonds. The Kier molecular flexibility index (Phi) is 3.72. The van der Waals surface area contributed by atoms with Gasteiger partial charge < -0.3 is 10.3 Å². The van der Waals surface area contributed by atoms with Crippen LogP contribution in [0.4, 0.5) is 0 Å². The van der Waals surface area contributed by atoms with Crippen molar-refractivity contribution in [2.45, 2.75) is 13.0 Å². The highest BCUT2D eigenvalue weighted by Gasteiger charge is 2.09. The number of aromatic nitrogens is 2. The summed E-state index contributed by atoms with van der Waals surface area (Å²) in [6, 6.07) is 10.3. The van der Waals surface area contributed by atoms with Crippen LogP contribution < -0.4 is 5.73 Å². The Labute approximate surface area is 123 Å². The van der Waals surface area contributed by atoms with E-state index in [0.717, 1.165) is 18.5 Å². The Hall–Kier alpha value is -1.84. The summed E-state index contributed by atoms with van der Waals surface area (Å²) in [5.41, 5.74) is 9.27. The SMILES string of the molecule is NCCc1cn(Cc2ccncc2Cl)c2ccccc12. The number of hydrogen-bond acceptors (Lipinski definition) is 2. The minimum absolute atomic E-state index is 0.657. The lowest BCUT2D eigenvalue weighted by molar-refractivity contribution is 0.825. The van der Waals surface area contributed by atoms with E-state index in [1.807, 2.05) is 6.07 Å². The topological polar surface area (TPSA) is 43.8 Å². The van der Waals surface area contributed by atoms with E-state index in [9.17, 15) is 0 Å². The highest BCUT2D eigenvalue weighted by Crippen LogP contribution is 2.24. The molecule has 0 atom stereocenters. The number of fused-ring (bicyclic) bond motifs is 1. The fraction of sp³-hybridized carbons (Fsp3) is 0.188. The van der Waals surface area contributed by atoms with Crippen molar-refractivity contribution in [3.8, 4) is 0 Å². The van der Waals surface area contributed by atoms with Crippen molar-refractivity contribution in [3.63, 3.8) is 0 Å². The monoisotopic (exact) mass is 285 g/mol. The first-order valence-corrected chi connectivity index (χ1v) is 7.02. The molecule has 1 aromatic carbocycles. The molecular formula is C16H16ClN3. The molecule has 0 aliphatic rings. The third-order valence-corrected chi connectivity index (χ3v) is 3.82. The average molecular weight is 286 g/mol. The summed E-state index contributed by atoms with van der Waals surface area (Å²) in [6.07, 6.45) is 6.52. The Morgan fingerprint density at radius 2 is 2.00 bits per heavy atom. The summed E-state index contributed by atoms with van der Waals surface area (Å²) in [5, 5.41) is 1.97. The maximum atomic E-state index is 6.20. The molecule has 0 saturated heterocycles. The first-order chi connectivity index (χ1) is 9.79. The van der Waals surface area contributed by atoms with Gasteiger partial charge in [-0.15, -0.1) is 0 Å². The number of nitrogens with zero attached hydrogens (tertiary/aromatic N) is 2. The molecule has 0 saturated carbocycles. The van der Waals surface area contributed by atoms with Gasteiger partial charge in [0.25, 0.3) is 0 Å². The largest absolute Gasteiger partial charge is 0.343 e. The van der Waals surface area contributed by atoms with Gasteiger partial charge >= 0.3 is 0 Å². The van der Waals surface area contributed by atoms with Crippen LogP contribution in [0.25, 0.3) is 10.9 Å². The molecule has 102 valence electrons. The second-order valence-electron chi connectivity index (χ2n) is 4.81. The van der Waals surface area contributed by atoms with Crippen LogP contribution in [0, 0.1) is 0 Å². The molecule has 3 rings (SSSR count). The van der Waals surface area contributed by atoms with Crippen LogP contribution in [0.3, 0.4) is 0 Å². The minimum Gasteiger partial charge on any atom is -0.343 e. The van der Waals surface area contributed by atoms with E-state index in [1.54, 1.807) is 12.4 Å². The van der Waals surface area contributed by atoms with E-state index >= 15 is 0 Å². The molecule has 20 heavy (non-hydrogen) atoms. The molecule has 0 bridgehead atoms. The standard InChI is InChI=1S/C16H16ClN3/c17-15-9-19-8-6-13(15)11-20-10-12(5-7-18)14-3-1-2-4-16(14)20/h1-4,6,8-10H,5,7,11,18H2.